The van der Waals surface area contributed by atoms with E-state index in [9.17, 15) is 9.59 Å². The summed E-state index contributed by atoms with van der Waals surface area (Å²) in [4.78, 5) is 22.9. The molecule has 0 fully saturated rings. The van der Waals surface area contributed by atoms with Crippen molar-refractivity contribution >= 4 is 27.8 Å². The van der Waals surface area contributed by atoms with Crippen molar-refractivity contribution in [3.8, 4) is 0 Å². The van der Waals surface area contributed by atoms with Crippen molar-refractivity contribution in [2.45, 2.75) is 32.7 Å². The molecule has 1 N–H and O–H groups in total. The minimum atomic E-state index is -0.654. The monoisotopic (exact) mass is 317 g/mol. The fourth-order valence-electron chi connectivity index (χ4n) is 1.45. The zero-order valence-electron chi connectivity index (χ0n) is 10.4. The average molecular weight is 318 g/mol. The van der Waals surface area contributed by atoms with Gasteiger partial charge in [-0.3, -0.25) is 4.79 Å². The summed E-state index contributed by atoms with van der Waals surface area (Å²) in [5, 5.41) is 2.74. The van der Waals surface area contributed by atoms with Crippen LogP contribution in [0.4, 0.5) is 0 Å². The van der Waals surface area contributed by atoms with Crippen LogP contribution in [0.25, 0.3) is 0 Å². The molecule has 1 heterocycles. The Morgan fingerprint density at radius 1 is 1.50 bits per heavy atom. The molecule has 0 aliphatic rings. The van der Waals surface area contributed by atoms with E-state index < -0.39 is 5.97 Å². The van der Waals surface area contributed by atoms with Crippen LogP contribution in [0.5, 0.6) is 0 Å². The lowest BCUT2D eigenvalue weighted by Crippen LogP contribution is -2.35. The van der Waals surface area contributed by atoms with Gasteiger partial charge in [0, 0.05) is 6.04 Å². The highest BCUT2D eigenvalue weighted by molar-refractivity contribution is 9.10. The fourth-order valence-corrected chi connectivity index (χ4v) is 1.75. The Morgan fingerprint density at radius 2 is 2.22 bits per heavy atom. The van der Waals surface area contributed by atoms with Crippen LogP contribution in [-0.4, -0.2) is 24.5 Å². The lowest BCUT2D eigenvalue weighted by atomic mass is 10.2. The molecule has 5 nitrogen and oxygen atoms in total. The van der Waals surface area contributed by atoms with Gasteiger partial charge in [0.2, 0.25) is 5.76 Å². The molecule has 0 radical (unpaired) electrons. The number of ether oxygens (including phenoxy) is 1. The molecule has 0 saturated heterocycles. The Balaban J connectivity index is 2.32. The van der Waals surface area contributed by atoms with E-state index in [0.29, 0.717) is 4.67 Å². The minimum absolute atomic E-state index is 0.0660. The number of nitrogens with one attached hydrogen (secondary N) is 1. The van der Waals surface area contributed by atoms with Gasteiger partial charge in [-0.15, -0.1) is 0 Å². The lowest BCUT2D eigenvalue weighted by molar-refractivity contribution is -0.124. The third-order valence-corrected chi connectivity index (χ3v) is 2.66. The van der Waals surface area contributed by atoms with Crippen LogP contribution in [0.15, 0.2) is 21.2 Å². The first kappa shape index (κ1) is 14.8. The van der Waals surface area contributed by atoms with Crippen LogP contribution in [0.3, 0.4) is 0 Å². The smallest absolute Gasteiger partial charge is 0.374 e. The molecular weight excluding hydrogens is 302 g/mol. The summed E-state index contributed by atoms with van der Waals surface area (Å²) in [6.45, 7) is 3.65. The van der Waals surface area contributed by atoms with Crippen LogP contribution in [0.1, 0.15) is 37.2 Å². The second-order valence-electron chi connectivity index (χ2n) is 3.94. The molecule has 6 heteroatoms. The Labute approximate surface area is 114 Å². The Bertz CT molecular complexity index is 416. The maximum Gasteiger partial charge on any atom is 0.374 e. The van der Waals surface area contributed by atoms with E-state index in [2.05, 4.69) is 21.2 Å². The van der Waals surface area contributed by atoms with E-state index in [-0.39, 0.29) is 24.3 Å². The average Bonchev–Trinajstić information content (AvgIpc) is 2.73. The van der Waals surface area contributed by atoms with Crippen molar-refractivity contribution in [2.24, 2.45) is 0 Å². The van der Waals surface area contributed by atoms with Gasteiger partial charge >= 0.3 is 5.97 Å². The van der Waals surface area contributed by atoms with Gasteiger partial charge in [0.25, 0.3) is 5.91 Å². The Kier molecular flexibility index (Phi) is 5.91. The molecule has 1 aromatic rings. The van der Waals surface area contributed by atoms with Gasteiger partial charge in [0.05, 0.1) is 0 Å². The van der Waals surface area contributed by atoms with Gasteiger partial charge in [-0.25, -0.2) is 4.79 Å². The first-order valence-electron chi connectivity index (χ1n) is 5.74. The first-order chi connectivity index (χ1) is 8.52. The lowest BCUT2D eigenvalue weighted by Gasteiger charge is -2.12. The standard InChI is InChI=1S/C12H16BrNO4/c1-3-4-8(2)14-11(15)7-17-12(16)9-5-6-10(13)18-9/h5-6,8H,3-4,7H2,1-2H3,(H,14,15)/t8-/m1/s1. The van der Waals surface area contributed by atoms with Crippen molar-refractivity contribution in [1.82, 2.24) is 5.32 Å². The number of carbonyl (C=O) groups is 2. The van der Waals surface area contributed by atoms with Crippen LogP contribution in [0, 0.1) is 0 Å². The molecule has 0 aromatic carbocycles. The highest BCUT2D eigenvalue weighted by atomic mass is 79.9. The number of furan rings is 1. The molecule has 0 bridgehead atoms. The summed E-state index contributed by atoms with van der Waals surface area (Å²) in [5.74, 6) is -0.898. The number of hydrogen-bond acceptors (Lipinski definition) is 4. The summed E-state index contributed by atoms with van der Waals surface area (Å²) in [6.07, 6.45) is 1.88. The summed E-state index contributed by atoms with van der Waals surface area (Å²) in [7, 11) is 0. The number of carbonyl (C=O) groups excluding carboxylic acids is 2. The largest absolute Gasteiger partial charge is 0.450 e. The van der Waals surface area contributed by atoms with E-state index in [0.717, 1.165) is 12.8 Å². The predicted molar refractivity (Wildman–Crippen MR) is 69.2 cm³/mol. The maximum absolute atomic E-state index is 11.5. The molecule has 0 unspecified atom stereocenters. The van der Waals surface area contributed by atoms with Gasteiger partial charge < -0.3 is 14.5 Å². The quantitative estimate of drug-likeness (QED) is 0.818. The normalized spacial score (nSPS) is 11.9. The van der Waals surface area contributed by atoms with E-state index in [4.69, 9.17) is 9.15 Å². The first-order valence-corrected chi connectivity index (χ1v) is 6.54. The van der Waals surface area contributed by atoms with Crippen molar-refractivity contribution in [1.29, 1.82) is 0 Å². The summed E-state index contributed by atoms with van der Waals surface area (Å²) in [5.41, 5.74) is 0. The number of amides is 1. The third-order valence-electron chi connectivity index (χ3n) is 2.24. The highest BCUT2D eigenvalue weighted by Crippen LogP contribution is 2.14. The number of hydrogen-bond donors (Lipinski definition) is 1. The predicted octanol–water partition coefficient (Wildman–Crippen LogP) is 2.50. The zero-order chi connectivity index (χ0) is 13.5. The van der Waals surface area contributed by atoms with E-state index in [1.807, 2.05) is 13.8 Å². The maximum atomic E-state index is 11.5. The molecule has 1 rings (SSSR count). The second-order valence-corrected chi connectivity index (χ2v) is 4.72. The Morgan fingerprint density at radius 3 is 2.78 bits per heavy atom. The molecule has 0 aliphatic heterocycles. The zero-order valence-corrected chi connectivity index (χ0v) is 12.0. The molecule has 0 spiro atoms. The SMILES string of the molecule is CCC[C@@H](C)NC(=O)COC(=O)c1ccc(Br)o1. The number of esters is 1. The van der Waals surface area contributed by atoms with Crippen LogP contribution in [0.2, 0.25) is 0 Å². The van der Waals surface area contributed by atoms with Crippen molar-refractivity contribution < 1.29 is 18.7 Å². The van der Waals surface area contributed by atoms with Crippen LogP contribution in [-0.2, 0) is 9.53 Å². The highest BCUT2D eigenvalue weighted by Gasteiger charge is 2.14. The number of rotatable bonds is 6. The van der Waals surface area contributed by atoms with Crippen molar-refractivity contribution in [3.63, 3.8) is 0 Å². The fraction of sp³-hybridized carbons (Fsp3) is 0.500. The summed E-state index contributed by atoms with van der Waals surface area (Å²) < 4.78 is 10.3. The number of halogens is 1. The van der Waals surface area contributed by atoms with Crippen LogP contribution >= 0.6 is 15.9 Å². The molecular formula is C12H16BrNO4. The second kappa shape index (κ2) is 7.20. The van der Waals surface area contributed by atoms with Crippen molar-refractivity contribution in [2.75, 3.05) is 6.61 Å². The van der Waals surface area contributed by atoms with Gasteiger partial charge in [-0.1, -0.05) is 13.3 Å². The molecule has 0 saturated carbocycles. The van der Waals surface area contributed by atoms with Gasteiger partial charge in [0.15, 0.2) is 11.3 Å². The molecule has 1 aromatic heterocycles. The van der Waals surface area contributed by atoms with E-state index in [1.54, 1.807) is 6.07 Å². The Hall–Kier alpha value is -1.30. The minimum Gasteiger partial charge on any atom is -0.450 e. The summed E-state index contributed by atoms with van der Waals surface area (Å²) in [6, 6.07) is 3.14. The topological polar surface area (TPSA) is 68.5 Å². The molecule has 18 heavy (non-hydrogen) atoms. The molecule has 100 valence electrons. The van der Waals surface area contributed by atoms with Crippen molar-refractivity contribution in [3.05, 3.63) is 22.6 Å². The third kappa shape index (κ3) is 4.91. The molecule has 1 atom stereocenters. The van der Waals surface area contributed by atoms with Gasteiger partial charge in [-0.2, -0.15) is 0 Å². The molecule has 0 aliphatic carbocycles. The van der Waals surface area contributed by atoms with E-state index in [1.165, 1.54) is 6.07 Å². The van der Waals surface area contributed by atoms with Gasteiger partial charge in [-0.05, 0) is 41.4 Å². The summed E-state index contributed by atoms with van der Waals surface area (Å²) >= 11 is 3.08. The van der Waals surface area contributed by atoms with E-state index >= 15 is 0 Å². The molecule has 1 amide bonds. The van der Waals surface area contributed by atoms with Crippen LogP contribution < -0.4 is 5.32 Å². The van der Waals surface area contributed by atoms with Gasteiger partial charge in [0.1, 0.15) is 0 Å².